The molecule has 1 amide bonds. The molecule has 1 aromatic carbocycles. The molecular weight excluding hydrogens is 232 g/mol. The summed E-state index contributed by atoms with van der Waals surface area (Å²) in [5, 5.41) is 16.4. The maximum atomic E-state index is 12.0. The van der Waals surface area contributed by atoms with Gasteiger partial charge >= 0.3 is 0 Å². The molecule has 0 fully saturated rings. The summed E-state index contributed by atoms with van der Waals surface area (Å²) in [6.45, 7) is 3.76. The number of aliphatic hydroxyl groups is 1. The zero-order valence-corrected chi connectivity index (χ0v) is 10.4. The highest BCUT2D eigenvalue weighted by Crippen LogP contribution is 2.17. The van der Waals surface area contributed by atoms with E-state index < -0.39 is 0 Å². The number of benzene rings is 1. The minimum atomic E-state index is -0.351. The van der Waals surface area contributed by atoms with Gasteiger partial charge in [-0.05, 0) is 18.1 Å². The molecule has 0 saturated carbocycles. The number of nitrogens with zero attached hydrogens (tertiary/aromatic N) is 1. The van der Waals surface area contributed by atoms with Gasteiger partial charge in [0.15, 0.2) is 0 Å². The van der Waals surface area contributed by atoms with Gasteiger partial charge in [-0.3, -0.25) is 4.79 Å². The van der Waals surface area contributed by atoms with Crippen LogP contribution in [0.15, 0.2) is 28.8 Å². The van der Waals surface area contributed by atoms with Crippen LogP contribution in [0, 0.1) is 5.92 Å². The number of aliphatic hydroxyl groups excluding tert-OH is 1. The Labute approximate surface area is 105 Å². The Morgan fingerprint density at radius 1 is 1.44 bits per heavy atom. The number of carbonyl (C=O) groups excluding carboxylic acids is 1. The number of amides is 1. The zero-order chi connectivity index (χ0) is 13.1. The molecule has 2 N–H and O–H groups in total. The first-order chi connectivity index (χ1) is 8.63. The number of carbonyl (C=O) groups is 1. The predicted octanol–water partition coefficient (Wildman–Crippen LogP) is 1.57. The molecule has 2 rings (SSSR count). The van der Waals surface area contributed by atoms with Gasteiger partial charge in [-0.1, -0.05) is 31.1 Å². The van der Waals surface area contributed by atoms with Crippen LogP contribution >= 0.6 is 0 Å². The van der Waals surface area contributed by atoms with E-state index in [9.17, 15) is 9.90 Å². The first-order valence-corrected chi connectivity index (χ1v) is 5.89. The van der Waals surface area contributed by atoms with Crippen molar-refractivity contribution in [3.63, 3.8) is 0 Å². The maximum absolute atomic E-state index is 12.0. The summed E-state index contributed by atoms with van der Waals surface area (Å²) in [6, 6.07) is 6.92. The van der Waals surface area contributed by atoms with Crippen LogP contribution in [0.2, 0.25) is 0 Å². The molecular formula is C13H16N2O3. The van der Waals surface area contributed by atoms with E-state index >= 15 is 0 Å². The monoisotopic (exact) mass is 248 g/mol. The third kappa shape index (κ3) is 2.36. The summed E-state index contributed by atoms with van der Waals surface area (Å²) in [4.78, 5) is 12.0. The van der Waals surface area contributed by atoms with Crippen molar-refractivity contribution in [1.29, 1.82) is 0 Å². The molecule has 0 unspecified atom stereocenters. The summed E-state index contributed by atoms with van der Waals surface area (Å²) >= 11 is 0. The Morgan fingerprint density at radius 3 is 2.83 bits per heavy atom. The van der Waals surface area contributed by atoms with E-state index in [0.29, 0.717) is 10.9 Å². The van der Waals surface area contributed by atoms with Gasteiger partial charge in [-0.2, -0.15) is 0 Å². The lowest BCUT2D eigenvalue weighted by Gasteiger charge is -2.18. The van der Waals surface area contributed by atoms with Gasteiger partial charge in [0.25, 0.3) is 5.91 Å². The van der Waals surface area contributed by atoms with Gasteiger partial charge in [0, 0.05) is 0 Å². The topological polar surface area (TPSA) is 75.4 Å². The third-order valence-corrected chi connectivity index (χ3v) is 2.91. The number of fused-ring (bicyclic) bond motifs is 1. The van der Waals surface area contributed by atoms with Crippen molar-refractivity contribution >= 4 is 16.8 Å². The lowest BCUT2D eigenvalue weighted by molar-refractivity contribution is 0.0862. The number of hydrogen-bond acceptors (Lipinski definition) is 4. The summed E-state index contributed by atoms with van der Waals surface area (Å²) in [5.74, 6) is -0.0192. The van der Waals surface area contributed by atoms with E-state index in [1.54, 1.807) is 12.1 Å². The molecule has 0 spiro atoms. The van der Waals surface area contributed by atoms with Gasteiger partial charge in [-0.25, -0.2) is 0 Å². The summed E-state index contributed by atoms with van der Waals surface area (Å²) in [7, 11) is 0. The molecule has 5 nitrogen and oxygen atoms in total. The second-order valence-corrected chi connectivity index (χ2v) is 4.54. The minimum absolute atomic E-state index is 0.102. The van der Waals surface area contributed by atoms with E-state index in [1.165, 1.54) is 0 Å². The lowest BCUT2D eigenvalue weighted by atomic mass is 10.1. The van der Waals surface area contributed by atoms with Crippen molar-refractivity contribution in [3.05, 3.63) is 30.0 Å². The molecule has 18 heavy (non-hydrogen) atoms. The largest absolute Gasteiger partial charge is 0.394 e. The smallest absolute Gasteiger partial charge is 0.290 e. The van der Waals surface area contributed by atoms with Gasteiger partial charge in [0.1, 0.15) is 5.52 Å². The number of aromatic nitrogens is 1. The Morgan fingerprint density at radius 2 is 2.17 bits per heavy atom. The molecule has 2 aromatic rings. The standard InChI is InChI=1S/C13H16N2O3/c1-8(2)11(7-16)14-13(17)12-9-5-3-4-6-10(9)15-18-12/h3-6,8,11,16H,7H2,1-2H3,(H,14,17)/t11-/m1/s1. The quantitative estimate of drug-likeness (QED) is 0.861. The summed E-state index contributed by atoms with van der Waals surface area (Å²) < 4.78 is 5.06. The van der Waals surface area contributed by atoms with Gasteiger partial charge in [0.2, 0.25) is 5.76 Å². The normalized spacial score (nSPS) is 12.9. The van der Waals surface area contributed by atoms with Crippen molar-refractivity contribution in [2.24, 2.45) is 5.92 Å². The van der Waals surface area contributed by atoms with Crippen molar-refractivity contribution in [1.82, 2.24) is 10.5 Å². The Balaban J connectivity index is 2.23. The van der Waals surface area contributed by atoms with Gasteiger partial charge in [0.05, 0.1) is 18.0 Å². The van der Waals surface area contributed by atoms with E-state index in [0.717, 1.165) is 0 Å². The first-order valence-electron chi connectivity index (χ1n) is 5.89. The Bertz CT molecular complexity index is 548. The highest BCUT2D eigenvalue weighted by molar-refractivity contribution is 6.03. The molecule has 0 radical (unpaired) electrons. The number of rotatable bonds is 4. The summed E-state index contributed by atoms with van der Waals surface area (Å²) in [5.41, 5.74) is 0.646. The highest BCUT2D eigenvalue weighted by atomic mass is 16.5. The van der Waals surface area contributed by atoms with Crippen molar-refractivity contribution < 1.29 is 14.4 Å². The van der Waals surface area contributed by atoms with Crippen LogP contribution in [0.25, 0.3) is 10.9 Å². The zero-order valence-electron chi connectivity index (χ0n) is 10.4. The SMILES string of the molecule is CC(C)[C@@H](CO)NC(=O)c1onc2ccccc12. The average molecular weight is 248 g/mol. The van der Waals surface area contributed by atoms with E-state index in [1.807, 2.05) is 26.0 Å². The van der Waals surface area contributed by atoms with Crippen LogP contribution in [0.5, 0.6) is 0 Å². The van der Waals surface area contributed by atoms with Crippen LogP contribution < -0.4 is 5.32 Å². The fraction of sp³-hybridized carbons (Fsp3) is 0.385. The molecule has 0 aliphatic rings. The third-order valence-electron chi connectivity index (χ3n) is 2.91. The minimum Gasteiger partial charge on any atom is -0.394 e. The molecule has 1 atom stereocenters. The van der Waals surface area contributed by atoms with Crippen molar-refractivity contribution in [3.8, 4) is 0 Å². The fourth-order valence-electron chi connectivity index (χ4n) is 1.71. The molecule has 0 aliphatic carbocycles. The van der Waals surface area contributed by atoms with Crippen LogP contribution in [0.3, 0.4) is 0 Å². The molecule has 1 heterocycles. The lowest BCUT2D eigenvalue weighted by Crippen LogP contribution is -2.41. The molecule has 96 valence electrons. The van der Waals surface area contributed by atoms with Crippen molar-refractivity contribution in [2.45, 2.75) is 19.9 Å². The second kappa shape index (κ2) is 5.18. The molecule has 1 aromatic heterocycles. The van der Waals surface area contributed by atoms with Crippen LogP contribution in [-0.4, -0.2) is 28.8 Å². The highest BCUT2D eigenvalue weighted by Gasteiger charge is 2.21. The molecule has 0 saturated heterocycles. The van der Waals surface area contributed by atoms with Gasteiger partial charge < -0.3 is 14.9 Å². The summed E-state index contributed by atoms with van der Waals surface area (Å²) in [6.07, 6.45) is 0. The predicted molar refractivity (Wildman–Crippen MR) is 67.2 cm³/mol. The molecule has 5 heteroatoms. The van der Waals surface area contributed by atoms with Crippen LogP contribution in [0.4, 0.5) is 0 Å². The Hall–Kier alpha value is -1.88. The Kier molecular flexibility index (Phi) is 3.62. The van der Waals surface area contributed by atoms with Crippen molar-refractivity contribution in [2.75, 3.05) is 6.61 Å². The maximum Gasteiger partial charge on any atom is 0.290 e. The first kappa shape index (κ1) is 12.6. The van der Waals surface area contributed by atoms with E-state index in [-0.39, 0.29) is 30.2 Å². The number of nitrogens with one attached hydrogen (secondary N) is 1. The van der Waals surface area contributed by atoms with Crippen LogP contribution in [-0.2, 0) is 0 Å². The number of hydrogen-bond donors (Lipinski definition) is 2. The molecule has 0 bridgehead atoms. The average Bonchev–Trinajstić information content (AvgIpc) is 2.79. The van der Waals surface area contributed by atoms with Gasteiger partial charge in [-0.15, -0.1) is 0 Å². The fourth-order valence-corrected chi connectivity index (χ4v) is 1.71. The second-order valence-electron chi connectivity index (χ2n) is 4.54. The van der Waals surface area contributed by atoms with Crippen LogP contribution in [0.1, 0.15) is 24.4 Å². The van der Waals surface area contributed by atoms with E-state index in [4.69, 9.17) is 4.52 Å². The molecule has 0 aliphatic heterocycles. The van der Waals surface area contributed by atoms with E-state index in [2.05, 4.69) is 10.5 Å².